The number of nitrogens with one attached hydrogen (secondary N) is 1. The number of carbonyl (C=O) groups excluding carboxylic acids is 1. The number of carbonyl (C=O) groups is 1. The van der Waals surface area contributed by atoms with Crippen molar-refractivity contribution in [3.8, 4) is 0 Å². The van der Waals surface area contributed by atoms with E-state index in [-0.39, 0.29) is 6.04 Å². The number of hydrogen-bond acceptors (Lipinski definition) is 3. The van der Waals surface area contributed by atoms with Gasteiger partial charge in [-0.1, -0.05) is 19.8 Å². The van der Waals surface area contributed by atoms with Crippen molar-refractivity contribution in [2.45, 2.75) is 51.6 Å². The van der Waals surface area contributed by atoms with Crippen LogP contribution in [0.5, 0.6) is 0 Å². The van der Waals surface area contributed by atoms with Gasteiger partial charge in [0.25, 0.3) is 0 Å². The summed E-state index contributed by atoms with van der Waals surface area (Å²) >= 11 is 0. The molecule has 100 valence electrons. The molecule has 1 saturated heterocycles. The molecule has 17 heavy (non-hydrogen) atoms. The summed E-state index contributed by atoms with van der Waals surface area (Å²) in [4.78, 5) is 16.3. The van der Waals surface area contributed by atoms with Gasteiger partial charge >= 0.3 is 0 Å². The van der Waals surface area contributed by atoms with Crippen LogP contribution < -0.4 is 5.32 Å². The second-order valence-corrected chi connectivity index (χ2v) is 5.31. The summed E-state index contributed by atoms with van der Waals surface area (Å²) in [6.07, 6.45) is 4.30. The van der Waals surface area contributed by atoms with Gasteiger partial charge in [0.05, 0.1) is 12.7 Å². The van der Waals surface area contributed by atoms with Gasteiger partial charge in [-0.05, 0) is 40.4 Å². The fourth-order valence-corrected chi connectivity index (χ4v) is 2.18. The molecule has 0 bridgehead atoms. The van der Waals surface area contributed by atoms with E-state index < -0.39 is 0 Å². The molecule has 1 N–H and O–H groups in total. The highest BCUT2D eigenvalue weighted by Gasteiger charge is 2.32. The van der Waals surface area contributed by atoms with Gasteiger partial charge in [0, 0.05) is 6.04 Å². The summed E-state index contributed by atoms with van der Waals surface area (Å²) in [5.41, 5.74) is 0. The second-order valence-electron chi connectivity index (χ2n) is 5.31. The molecule has 0 aromatic carbocycles. The first-order chi connectivity index (χ1) is 8.06. The monoisotopic (exact) mass is 241 g/mol. The maximum atomic E-state index is 12.1. The van der Waals surface area contributed by atoms with Crippen molar-refractivity contribution in [3.05, 3.63) is 0 Å². The van der Waals surface area contributed by atoms with Crippen LogP contribution in [0.25, 0.3) is 0 Å². The van der Waals surface area contributed by atoms with E-state index in [2.05, 4.69) is 38.2 Å². The van der Waals surface area contributed by atoms with Gasteiger partial charge in [0.15, 0.2) is 0 Å². The molecule has 1 rings (SSSR count). The Labute approximate surface area is 105 Å². The lowest BCUT2D eigenvalue weighted by Gasteiger charge is -2.25. The molecule has 1 amide bonds. The molecular formula is C13H27N3O. The standard InChI is InChI=1S/C13H27N3O/c1-5-6-7-12-13(17)16(10-14-12)11(2)8-9-15(3)4/h11-12,14H,5-10H2,1-4H3. The highest BCUT2D eigenvalue weighted by molar-refractivity contribution is 5.84. The average Bonchev–Trinajstić information content (AvgIpc) is 2.65. The van der Waals surface area contributed by atoms with E-state index in [0.29, 0.717) is 11.9 Å². The largest absolute Gasteiger partial charge is 0.326 e. The maximum Gasteiger partial charge on any atom is 0.241 e. The fourth-order valence-electron chi connectivity index (χ4n) is 2.18. The number of rotatable bonds is 7. The molecular weight excluding hydrogens is 214 g/mol. The van der Waals surface area contributed by atoms with E-state index in [9.17, 15) is 4.79 Å². The van der Waals surface area contributed by atoms with E-state index in [0.717, 1.165) is 38.9 Å². The number of hydrogen-bond donors (Lipinski definition) is 1. The quantitative estimate of drug-likeness (QED) is 0.729. The van der Waals surface area contributed by atoms with E-state index in [4.69, 9.17) is 0 Å². The van der Waals surface area contributed by atoms with E-state index in [1.165, 1.54) is 0 Å². The van der Waals surface area contributed by atoms with Gasteiger partial charge in [-0.25, -0.2) is 0 Å². The molecule has 0 spiro atoms. The molecule has 0 aromatic heterocycles. The molecule has 1 fully saturated rings. The van der Waals surface area contributed by atoms with Gasteiger partial charge in [-0.2, -0.15) is 0 Å². The maximum absolute atomic E-state index is 12.1. The minimum absolute atomic E-state index is 0.0664. The van der Waals surface area contributed by atoms with Crippen LogP contribution >= 0.6 is 0 Å². The lowest BCUT2D eigenvalue weighted by Crippen LogP contribution is -2.38. The topological polar surface area (TPSA) is 35.6 Å². The lowest BCUT2D eigenvalue weighted by atomic mass is 10.1. The Morgan fingerprint density at radius 2 is 2.24 bits per heavy atom. The third kappa shape index (κ3) is 4.28. The summed E-state index contributed by atoms with van der Waals surface area (Å²) in [7, 11) is 4.14. The van der Waals surface area contributed by atoms with E-state index >= 15 is 0 Å². The Balaban J connectivity index is 2.37. The van der Waals surface area contributed by atoms with Gasteiger partial charge in [-0.15, -0.1) is 0 Å². The van der Waals surface area contributed by atoms with Crippen LogP contribution in [0.2, 0.25) is 0 Å². The molecule has 0 aliphatic carbocycles. The van der Waals surface area contributed by atoms with Crippen LogP contribution in [0.4, 0.5) is 0 Å². The molecule has 1 aliphatic rings. The predicted octanol–water partition coefficient (Wildman–Crippen LogP) is 1.27. The first-order valence-electron chi connectivity index (χ1n) is 6.74. The van der Waals surface area contributed by atoms with Gasteiger partial charge < -0.3 is 9.80 Å². The molecule has 4 heteroatoms. The number of nitrogens with zero attached hydrogens (tertiary/aromatic N) is 2. The molecule has 0 radical (unpaired) electrons. The Morgan fingerprint density at radius 3 is 2.82 bits per heavy atom. The smallest absolute Gasteiger partial charge is 0.241 e. The molecule has 1 heterocycles. The highest BCUT2D eigenvalue weighted by atomic mass is 16.2. The van der Waals surface area contributed by atoms with Crippen molar-refractivity contribution in [1.29, 1.82) is 0 Å². The zero-order valence-corrected chi connectivity index (χ0v) is 11.7. The average molecular weight is 241 g/mol. The zero-order chi connectivity index (χ0) is 12.8. The van der Waals surface area contributed by atoms with Crippen LogP contribution in [-0.4, -0.2) is 55.1 Å². The Morgan fingerprint density at radius 1 is 1.53 bits per heavy atom. The van der Waals surface area contributed by atoms with Crippen molar-refractivity contribution in [2.75, 3.05) is 27.3 Å². The number of unbranched alkanes of at least 4 members (excludes halogenated alkanes) is 1. The predicted molar refractivity (Wildman–Crippen MR) is 70.8 cm³/mol. The molecule has 0 aromatic rings. The molecule has 4 nitrogen and oxygen atoms in total. The normalized spacial score (nSPS) is 22.5. The minimum atomic E-state index is 0.0664. The van der Waals surface area contributed by atoms with E-state index in [1.54, 1.807) is 0 Å². The summed E-state index contributed by atoms with van der Waals surface area (Å²) in [5.74, 6) is 0.296. The van der Waals surface area contributed by atoms with Crippen molar-refractivity contribution in [3.63, 3.8) is 0 Å². The van der Waals surface area contributed by atoms with Crippen LogP contribution in [0, 0.1) is 0 Å². The molecule has 1 aliphatic heterocycles. The SMILES string of the molecule is CCCCC1NCN(C(C)CCN(C)C)C1=O. The van der Waals surface area contributed by atoms with Crippen molar-refractivity contribution in [1.82, 2.24) is 15.1 Å². The third-order valence-electron chi connectivity index (χ3n) is 3.46. The summed E-state index contributed by atoms with van der Waals surface area (Å²) in [6, 6.07) is 0.404. The third-order valence-corrected chi connectivity index (χ3v) is 3.46. The van der Waals surface area contributed by atoms with Crippen LogP contribution in [-0.2, 0) is 4.79 Å². The second kappa shape index (κ2) is 6.97. The Bertz CT molecular complexity index is 243. The van der Waals surface area contributed by atoms with Crippen LogP contribution in [0.15, 0.2) is 0 Å². The van der Waals surface area contributed by atoms with Crippen LogP contribution in [0.1, 0.15) is 39.5 Å². The minimum Gasteiger partial charge on any atom is -0.326 e. The highest BCUT2D eigenvalue weighted by Crippen LogP contribution is 2.14. The zero-order valence-electron chi connectivity index (χ0n) is 11.7. The van der Waals surface area contributed by atoms with Gasteiger partial charge in [-0.3, -0.25) is 10.1 Å². The van der Waals surface area contributed by atoms with Crippen molar-refractivity contribution in [2.24, 2.45) is 0 Å². The molecule has 2 unspecified atom stereocenters. The first-order valence-corrected chi connectivity index (χ1v) is 6.74. The number of amides is 1. The summed E-state index contributed by atoms with van der Waals surface area (Å²) < 4.78 is 0. The van der Waals surface area contributed by atoms with E-state index in [1.807, 2.05) is 4.90 Å². The Kier molecular flexibility index (Phi) is 5.92. The summed E-state index contributed by atoms with van der Waals surface area (Å²) in [6.45, 7) is 6.06. The molecule has 2 atom stereocenters. The fraction of sp³-hybridized carbons (Fsp3) is 0.923. The van der Waals surface area contributed by atoms with Crippen molar-refractivity contribution < 1.29 is 4.79 Å². The van der Waals surface area contributed by atoms with Crippen LogP contribution in [0.3, 0.4) is 0 Å². The first kappa shape index (κ1) is 14.5. The Hall–Kier alpha value is -0.610. The molecule has 0 saturated carbocycles. The van der Waals surface area contributed by atoms with Crippen molar-refractivity contribution >= 4 is 5.91 Å². The van der Waals surface area contributed by atoms with Gasteiger partial charge in [0.2, 0.25) is 5.91 Å². The lowest BCUT2D eigenvalue weighted by molar-refractivity contribution is -0.130. The van der Waals surface area contributed by atoms with Gasteiger partial charge in [0.1, 0.15) is 0 Å². The summed E-state index contributed by atoms with van der Waals surface area (Å²) in [5, 5.41) is 3.32.